The van der Waals surface area contributed by atoms with Gasteiger partial charge in [0.2, 0.25) is 0 Å². The van der Waals surface area contributed by atoms with Gasteiger partial charge in [0.25, 0.3) is 15.9 Å². The number of carbonyl (C=O) groups is 1. The van der Waals surface area contributed by atoms with Crippen LogP contribution in [0, 0.1) is 0 Å². The zero-order chi connectivity index (χ0) is 16.9. The number of hydrogen-bond donors (Lipinski definition) is 1. The molecule has 1 aromatic rings. The molecule has 0 aromatic heterocycles. The van der Waals surface area contributed by atoms with Crippen LogP contribution in [0.15, 0.2) is 21.4 Å². The normalized spacial score (nSPS) is 22.0. The zero-order valence-corrected chi connectivity index (χ0v) is 14.7. The van der Waals surface area contributed by atoms with Gasteiger partial charge in [-0.15, -0.1) is 4.40 Å². The van der Waals surface area contributed by atoms with Crippen molar-refractivity contribution in [2.75, 3.05) is 11.4 Å². The van der Waals surface area contributed by atoms with Crippen LogP contribution in [-0.2, 0) is 10.0 Å². The Hall–Kier alpha value is -1.60. The summed E-state index contributed by atoms with van der Waals surface area (Å²) in [5.74, 6) is 0.248. The maximum Gasteiger partial charge on any atom is 0.286 e. The summed E-state index contributed by atoms with van der Waals surface area (Å²) >= 11 is 6.30. The van der Waals surface area contributed by atoms with Crippen molar-refractivity contribution < 1.29 is 13.2 Å². The molecule has 1 saturated heterocycles. The molecule has 1 N–H and O–H groups in total. The maximum absolute atomic E-state index is 12.6. The molecule has 0 spiro atoms. The van der Waals surface area contributed by atoms with Crippen molar-refractivity contribution in [1.82, 2.24) is 5.32 Å². The molecular formula is C16H18ClN3O3S. The van der Waals surface area contributed by atoms with E-state index in [0.29, 0.717) is 24.5 Å². The van der Waals surface area contributed by atoms with Crippen LogP contribution < -0.4 is 10.2 Å². The third-order valence-electron chi connectivity index (χ3n) is 4.59. The molecule has 1 aromatic carbocycles. The number of carbonyl (C=O) groups excluding carboxylic acids is 1. The van der Waals surface area contributed by atoms with E-state index in [-0.39, 0.29) is 27.4 Å². The molecule has 0 atom stereocenters. The van der Waals surface area contributed by atoms with E-state index in [1.165, 1.54) is 6.07 Å². The Bertz CT molecular complexity index is 846. The molecule has 24 heavy (non-hydrogen) atoms. The molecule has 1 aliphatic carbocycles. The molecule has 3 aliphatic rings. The number of halogens is 1. The van der Waals surface area contributed by atoms with Gasteiger partial charge in [-0.3, -0.25) is 4.79 Å². The lowest BCUT2D eigenvalue weighted by atomic mass is 10.1. The summed E-state index contributed by atoms with van der Waals surface area (Å²) in [6, 6.07) is 3.14. The van der Waals surface area contributed by atoms with E-state index >= 15 is 0 Å². The van der Waals surface area contributed by atoms with Gasteiger partial charge in [0.15, 0.2) is 0 Å². The molecule has 0 bridgehead atoms. The number of hydrogen-bond acceptors (Lipinski definition) is 4. The number of benzene rings is 1. The summed E-state index contributed by atoms with van der Waals surface area (Å²) in [5, 5.41) is 3.11. The molecule has 128 valence electrons. The van der Waals surface area contributed by atoms with Crippen molar-refractivity contribution in [1.29, 1.82) is 0 Å². The van der Waals surface area contributed by atoms with Gasteiger partial charge in [-0.2, -0.15) is 8.42 Å². The Labute approximate surface area is 145 Å². The predicted molar refractivity (Wildman–Crippen MR) is 92.4 cm³/mol. The van der Waals surface area contributed by atoms with E-state index in [9.17, 15) is 13.2 Å². The van der Waals surface area contributed by atoms with Crippen LogP contribution in [0.2, 0.25) is 5.02 Å². The van der Waals surface area contributed by atoms with Crippen molar-refractivity contribution in [2.24, 2.45) is 4.40 Å². The fourth-order valence-electron chi connectivity index (χ4n) is 3.16. The van der Waals surface area contributed by atoms with Crippen molar-refractivity contribution in [3.63, 3.8) is 0 Å². The first kappa shape index (κ1) is 15.9. The Morgan fingerprint density at radius 3 is 2.79 bits per heavy atom. The van der Waals surface area contributed by atoms with Gasteiger partial charge in [0.1, 0.15) is 10.7 Å². The number of rotatable bonds is 2. The highest BCUT2D eigenvalue weighted by atomic mass is 35.5. The van der Waals surface area contributed by atoms with Gasteiger partial charge in [-0.25, -0.2) is 0 Å². The Kier molecular flexibility index (Phi) is 3.80. The SMILES string of the molecule is O=C(NC1CC1)c1cc2c(cc1Cl)N1CCCCCC1=NS2(=O)=O. The number of amidine groups is 1. The average Bonchev–Trinajstić information content (AvgIpc) is 3.33. The van der Waals surface area contributed by atoms with Gasteiger partial charge in [-0.05, 0) is 37.8 Å². The molecule has 0 unspecified atom stereocenters. The highest BCUT2D eigenvalue weighted by molar-refractivity contribution is 7.90. The second kappa shape index (κ2) is 5.74. The third kappa shape index (κ3) is 2.80. The largest absolute Gasteiger partial charge is 0.349 e. The van der Waals surface area contributed by atoms with E-state index in [0.717, 1.165) is 32.1 Å². The van der Waals surface area contributed by atoms with Crippen LogP contribution in [-0.4, -0.2) is 32.7 Å². The Morgan fingerprint density at radius 2 is 2.04 bits per heavy atom. The highest BCUT2D eigenvalue weighted by Crippen LogP contribution is 2.38. The monoisotopic (exact) mass is 367 g/mol. The maximum atomic E-state index is 12.6. The van der Waals surface area contributed by atoms with Gasteiger partial charge in [0.05, 0.1) is 16.3 Å². The van der Waals surface area contributed by atoms with Crippen molar-refractivity contribution in [3.05, 3.63) is 22.7 Å². The first-order valence-corrected chi connectivity index (χ1v) is 10.0. The van der Waals surface area contributed by atoms with Crippen LogP contribution in [0.5, 0.6) is 0 Å². The van der Waals surface area contributed by atoms with E-state index in [1.54, 1.807) is 6.07 Å². The fraction of sp³-hybridized carbons (Fsp3) is 0.500. The molecule has 6 nitrogen and oxygen atoms in total. The summed E-state index contributed by atoms with van der Waals surface area (Å²) in [4.78, 5) is 14.3. The minimum absolute atomic E-state index is 0.0681. The first-order valence-electron chi connectivity index (χ1n) is 8.21. The minimum Gasteiger partial charge on any atom is -0.349 e. The second-order valence-corrected chi connectivity index (χ2v) is 8.47. The van der Waals surface area contributed by atoms with Gasteiger partial charge < -0.3 is 10.2 Å². The van der Waals surface area contributed by atoms with E-state index < -0.39 is 10.0 Å². The number of nitrogens with one attached hydrogen (secondary N) is 1. The van der Waals surface area contributed by atoms with Crippen molar-refractivity contribution >= 4 is 39.1 Å². The lowest BCUT2D eigenvalue weighted by Gasteiger charge is -2.30. The van der Waals surface area contributed by atoms with Crippen LogP contribution in [0.1, 0.15) is 48.9 Å². The molecule has 1 amide bonds. The minimum atomic E-state index is -3.81. The number of nitrogens with zero attached hydrogens (tertiary/aromatic N) is 2. The smallest absolute Gasteiger partial charge is 0.286 e. The van der Waals surface area contributed by atoms with Gasteiger partial charge in [-0.1, -0.05) is 18.0 Å². The lowest BCUT2D eigenvalue weighted by Crippen LogP contribution is -2.35. The predicted octanol–water partition coefficient (Wildman–Crippen LogP) is 2.71. The molecule has 4 rings (SSSR count). The van der Waals surface area contributed by atoms with E-state index in [4.69, 9.17) is 11.6 Å². The quantitative estimate of drug-likeness (QED) is 0.871. The summed E-state index contributed by atoms with van der Waals surface area (Å²) in [5.41, 5.74) is 0.731. The molecule has 1 saturated carbocycles. The molecular weight excluding hydrogens is 350 g/mol. The number of amides is 1. The lowest BCUT2D eigenvalue weighted by molar-refractivity contribution is 0.0951. The summed E-state index contributed by atoms with van der Waals surface area (Å²) < 4.78 is 29.1. The van der Waals surface area contributed by atoms with E-state index in [1.807, 2.05) is 4.90 Å². The Balaban J connectivity index is 1.80. The van der Waals surface area contributed by atoms with Gasteiger partial charge >= 0.3 is 0 Å². The number of anilines is 1. The first-order chi connectivity index (χ1) is 11.5. The Morgan fingerprint density at radius 1 is 1.25 bits per heavy atom. The van der Waals surface area contributed by atoms with Crippen molar-refractivity contribution in [2.45, 2.75) is 49.5 Å². The number of fused-ring (bicyclic) bond motifs is 3. The molecule has 8 heteroatoms. The summed E-state index contributed by atoms with van der Waals surface area (Å²) in [7, 11) is -3.81. The fourth-order valence-corrected chi connectivity index (χ4v) is 4.67. The van der Waals surface area contributed by atoms with E-state index in [2.05, 4.69) is 9.71 Å². The van der Waals surface area contributed by atoms with Crippen LogP contribution in [0.3, 0.4) is 0 Å². The number of sulfonamides is 1. The van der Waals surface area contributed by atoms with Crippen LogP contribution in [0.25, 0.3) is 0 Å². The highest BCUT2D eigenvalue weighted by Gasteiger charge is 2.34. The molecule has 2 aliphatic heterocycles. The molecule has 0 radical (unpaired) electrons. The van der Waals surface area contributed by atoms with Crippen LogP contribution >= 0.6 is 11.6 Å². The molecule has 2 heterocycles. The summed E-state index contributed by atoms with van der Waals surface area (Å²) in [6.07, 6.45) is 5.48. The molecule has 2 fully saturated rings. The summed E-state index contributed by atoms with van der Waals surface area (Å²) in [6.45, 7) is 0.714. The van der Waals surface area contributed by atoms with Gasteiger partial charge in [0, 0.05) is 19.0 Å². The van der Waals surface area contributed by atoms with Crippen molar-refractivity contribution in [3.8, 4) is 0 Å². The van der Waals surface area contributed by atoms with Crippen LogP contribution in [0.4, 0.5) is 5.69 Å². The topological polar surface area (TPSA) is 78.8 Å². The zero-order valence-electron chi connectivity index (χ0n) is 13.1. The average molecular weight is 368 g/mol. The standard InChI is InChI=1S/C16H18ClN3O3S/c17-12-9-13-14(8-11(12)16(21)18-10-5-6-10)24(22,23)19-15-4-2-1-3-7-20(13)15/h8-10H,1-7H2,(H,18,21). The third-order valence-corrected chi connectivity index (χ3v) is 6.24. The second-order valence-electron chi connectivity index (χ2n) is 6.49.